The van der Waals surface area contributed by atoms with Crippen molar-refractivity contribution < 1.29 is 19.4 Å². The highest BCUT2D eigenvalue weighted by Gasteiger charge is 2.29. The maximum absolute atomic E-state index is 12.4. The maximum atomic E-state index is 12.4. The molecule has 1 amide bonds. The van der Waals surface area contributed by atoms with E-state index in [0.29, 0.717) is 39.4 Å². The van der Waals surface area contributed by atoms with E-state index in [1.165, 1.54) is 0 Å². The van der Waals surface area contributed by atoms with Crippen LogP contribution < -0.4 is 0 Å². The van der Waals surface area contributed by atoms with Gasteiger partial charge < -0.3 is 14.7 Å². The van der Waals surface area contributed by atoms with Gasteiger partial charge in [0, 0.05) is 39.3 Å². The van der Waals surface area contributed by atoms with Crippen molar-refractivity contribution in [2.75, 3.05) is 59.0 Å². The number of carbonyl (C=O) groups is 2. The molecule has 7 heteroatoms. The Morgan fingerprint density at radius 3 is 2.25 bits per heavy atom. The molecule has 0 aromatic rings. The molecule has 0 bridgehead atoms. The Kier molecular flexibility index (Phi) is 5.33. The summed E-state index contributed by atoms with van der Waals surface area (Å²) in [6, 6.07) is -0.139. The van der Waals surface area contributed by atoms with Crippen molar-refractivity contribution in [3.8, 4) is 0 Å². The number of carbonyl (C=O) groups excluding carboxylic acids is 1. The Balaban J connectivity index is 1.80. The number of nitrogens with zero attached hydrogens (tertiary/aromatic N) is 3. The number of hydrogen-bond acceptors (Lipinski definition) is 5. The predicted molar refractivity (Wildman–Crippen MR) is 72.5 cm³/mol. The molecule has 1 unspecified atom stereocenters. The number of amides is 1. The number of piperazine rings is 1. The molecule has 20 heavy (non-hydrogen) atoms. The lowest BCUT2D eigenvalue weighted by Gasteiger charge is -2.39. The molecule has 0 radical (unpaired) electrons. The molecule has 7 nitrogen and oxygen atoms in total. The van der Waals surface area contributed by atoms with Crippen LogP contribution in [0, 0.1) is 0 Å². The van der Waals surface area contributed by atoms with E-state index in [0.717, 1.165) is 13.1 Å². The topological polar surface area (TPSA) is 73.3 Å². The fourth-order valence-corrected chi connectivity index (χ4v) is 2.70. The van der Waals surface area contributed by atoms with Gasteiger partial charge in [0.05, 0.1) is 25.8 Å². The Hall–Kier alpha value is -1.18. The van der Waals surface area contributed by atoms with Crippen molar-refractivity contribution in [1.29, 1.82) is 0 Å². The Bertz CT molecular complexity index is 350. The van der Waals surface area contributed by atoms with Gasteiger partial charge in [-0.2, -0.15) is 0 Å². The average molecular weight is 285 g/mol. The minimum Gasteiger partial charge on any atom is -0.480 e. The van der Waals surface area contributed by atoms with Crippen LogP contribution in [0.1, 0.15) is 6.92 Å². The van der Waals surface area contributed by atoms with Crippen LogP contribution in [-0.4, -0.2) is 96.8 Å². The largest absolute Gasteiger partial charge is 0.480 e. The lowest BCUT2D eigenvalue weighted by atomic mass is 10.2. The zero-order valence-corrected chi connectivity index (χ0v) is 12.0. The summed E-state index contributed by atoms with van der Waals surface area (Å²) in [6.45, 7) is 7.47. The maximum Gasteiger partial charge on any atom is 0.317 e. The van der Waals surface area contributed by atoms with Gasteiger partial charge in [-0.1, -0.05) is 0 Å². The van der Waals surface area contributed by atoms with Crippen molar-refractivity contribution in [2.24, 2.45) is 0 Å². The zero-order chi connectivity index (χ0) is 14.5. The molecule has 0 spiro atoms. The summed E-state index contributed by atoms with van der Waals surface area (Å²) in [5.41, 5.74) is 0. The van der Waals surface area contributed by atoms with Crippen LogP contribution in [0.4, 0.5) is 0 Å². The molecule has 2 saturated heterocycles. The van der Waals surface area contributed by atoms with Crippen molar-refractivity contribution in [2.45, 2.75) is 13.0 Å². The van der Waals surface area contributed by atoms with Crippen LogP contribution in [0.25, 0.3) is 0 Å². The predicted octanol–water partition coefficient (Wildman–Crippen LogP) is -1.06. The Labute approximate surface area is 119 Å². The third kappa shape index (κ3) is 3.91. The van der Waals surface area contributed by atoms with Gasteiger partial charge in [0.2, 0.25) is 5.91 Å². The van der Waals surface area contributed by atoms with Gasteiger partial charge in [0.15, 0.2) is 0 Å². The van der Waals surface area contributed by atoms with Crippen molar-refractivity contribution in [3.63, 3.8) is 0 Å². The fraction of sp³-hybridized carbons (Fsp3) is 0.846. The minimum absolute atomic E-state index is 0.0830. The molecule has 2 aliphatic heterocycles. The van der Waals surface area contributed by atoms with E-state index in [1.54, 1.807) is 0 Å². The molecular formula is C13H23N3O4. The van der Waals surface area contributed by atoms with E-state index in [1.807, 2.05) is 16.7 Å². The Morgan fingerprint density at radius 2 is 1.70 bits per heavy atom. The summed E-state index contributed by atoms with van der Waals surface area (Å²) in [4.78, 5) is 28.9. The number of rotatable bonds is 4. The van der Waals surface area contributed by atoms with Gasteiger partial charge in [0.1, 0.15) is 0 Å². The normalized spacial score (nSPS) is 23.6. The van der Waals surface area contributed by atoms with E-state index in [2.05, 4.69) is 4.90 Å². The average Bonchev–Trinajstić information content (AvgIpc) is 2.47. The molecule has 0 saturated carbocycles. The summed E-state index contributed by atoms with van der Waals surface area (Å²) < 4.78 is 5.26. The number of carboxylic acid groups (broad SMARTS) is 1. The lowest BCUT2D eigenvalue weighted by Crippen LogP contribution is -2.56. The first kappa shape index (κ1) is 15.2. The first-order chi connectivity index (χ1) is 9.58. The molecule has 0 aromatic carbocycles. The first-order valence-corrected chi connectivity index (χ1v) is 7.12. The summed E-state index contributed by atoms with van der Waals surface area (Å²) in [7, 11) is 0. The molecule has 0 aromatic heterocycles. The smallest absolute Gasteiger partial charge is 0.317 e. The fourth-order valence-electron chi connectivity index (χ4n) is 2.70. The number of aliphatic carboxylic acids is 1. The SMILES string of the molecule is CC(C(=O)N1CCOCC1)N1CCN(CC(=O)O)CC1. The lowest BCUT2D eigenvalue weighted by molar-refractivity contribution is -0.143. The zero-order valence-electron chi connectivity index (χ0n) is 12.0. The highest BCUT2D eigenvalue weighted by atomic mass is 16.5. The van der Waals surface area contributed by atoms with E-state index in [4.69, 9.17) is 9.84 Å². The van der Waals surface area contributed by atoms with Crippen LogP contribution in [0.5, 0.6) is 0 Å². The van der Waals surface area contributed by atoms with Crippen molar-refractivity contribution in [3.05, 3.63) is 0 Å². The third-order valence-corrected chi connectivity index (χ3v) is 3.99. The number of ether oxygens (including phenoxy) is 1. The molecule has 2 rings (SSSR count). The van der Waals surface area contributed by atoms with E-state index >= 15 is 0 Å². The minimum atomic E-state index is -0.795. The second-order valence-electron chi connectivity index (χ2n) is 5.32. The van der Waals surface area contributed by atoms with E-state index in [9.17, 15) is 9.59 Å². The van der Waals surface area contributed by atoms with Gasteiger partial charge in [-0.05, 0) is 6.92 Å². The first-order valence-electron chi connectivity index (χ1n) is 7.12. The van der Waals surface area contributed by atoms with Gasteiger partial charge in [-0.3, -0.25) is 19.4 Å². The van der Waals surface area contributed by atoms with Crippen molar-refractivity contribution in [1.82, 2.24) is 14.7 Å². The molecule has 0 aliphatic carbocycles. The molecule has 114 valence electrons. The van der Waals surface area contributed by atoms with Crippen LogP contribution in [0.2, 0.25) is 0 Å². The molecule has 2 aliphatic rings. The van der Waals surface area contributed by atoms with Gasteiger partial charge in [-0.25, -0.2) is 0 Å². The third-order valence-electron chi connectivity index (χ3n) is 3.99. The van der Waals surface area contributed by atoms with Gasteiger partial charge in [-0.15, -0.1) is 0 Å². The Morgan fingerprint density at radius 1 is 1.10 bits per heavy atom. The monoisotopic (exact) mass is 285 g/mol. The number of carboxylic acids is 1. The van der Waals surface area contributed by atoms with Gasteiger partial charge >= 0.3 is 5.97 Å². The second kappa shape index (κ2) is 7.01. The second-order valence-corrected chi connectivity index (χ2v) is 5.32. The van der Waals surface area contributed by atoms with Crippen LogP contribution in [0.15, 0.2) is 0 Å². The molecule has 1 atom stereocenters. The standard InChI is InChI=1S/C13H23N3O4/c1-11(13(19)16-6-8-20-9-7-16)15-4-2-14(3-5-15)10-12(17)18/h11H,2-10H2,1H3,(H,17,18). The highest BCUT2D eigenvalue weighted by Crippen LogP contribution is 2.10. The summed E-state index contributed by atoms with van der Waals surface area (Å²) in [6.07, 6.45) is 0. The van der Waals surface area contributed by atoms with Crippen LogP contribution >= 0.6 is 0 Å². The quantitative estimate of drug-likeness (QED) is 0.709. The number of morpholine rings is 1. The number of hydrogen-bond donors (Lipinski definition) is 1. The van der Waals surface area contributed by atoms with Crippen LogP contribution in [-0.2, 0) is 14.3 Å². The van der Waals surface area contributed by atoms with E-state index in [-0.39, 0.29) is 18.5 Å². The molecule has 1 N–H and O–H groups in total. The van der Waals surface area contributed by atoms with Crippen LogP contribution in [0.3, 0.4) is 0 Å². The molecular weight excluding hydrogens is 262 g/mol. The van der Waals surface area contributed by atoms with E-state index < -0.39 is 5.97 Å². The molecule has 2 heterocycles. The summed E-state index contributed by atoms with van der Waals surface area (Å²) >= 11 is 0. The highest BCUT2D eigenvalue weighted by molar-refractivity contribution is 5.81. The summed E-state index contributed by atoms with van der Waals surface area (Å²) in [5, 5.41) is 8.77. The summed E-state index contributed by atoms with van der Waals surface area (Å²) in [5.74, 6) is -0.643. The molecule has 2 fully saturated rings. The van der Waals surface area contributed by atoms with Crippen molar-refractivity contribution >= 4 is 11.9 Å². The van der Waals surface area contributed by atoms with Gasteiger partial charge in [0.25, 0.3) is 0 Å².